The van der Waals surface area contributed by atoms with Crippen LogP contribution in [0, 0.1) is 0 Å². The van der Waals surface area contributed by atoms with Crippen LogP contribution in [-0.2, 0) is 14.3 Å². The van der Waals surface area contributed by atoms with Gasteiger partial charge in [0, 0.05) is 73.9 Å². The molecule has 1 aromatic carbocycles. The summed E-state index contributed by atoms with van der Waals surface area (Å²) in [5, 5.41) is 8.21. The molecule has 0 unspecified atom stereocenters. The van der Waals surface area contributed by atoms with Crippen LogP contribution in [0.25, 0.3) is 22.2 Å². The topological polar surface area (TPSA) is 124 Å². The first-order chi connectivity index (χ1) is 20.7. The van der Waals surface area contributed by atoms with E-state index < -0.39 is 23.4 Å². The largest absolute Gasteiger partial charge is 0.443 e. The fourth-order valence-corrected chi connectivity index (χ4v) is 4.93. The first-order valence-electron chi connectivity index (χ1n) is 14.6. The smallest absolute Gasteiger partial charge is 0.435 e. The Morgan fingerprint density at radius 1 is 0.841 bits per heavy atom. The van der Waals surface area contributed by atoms with E-state index in [2.05, 4.69) is 20.3 Å². The van der Waals surface area contributed by atoms with Gasteiger partial charge in [0.2, 0.25) is 5.91 Å². The maximum absolute atomic E-state index is 13.5. The zero-order chi connectivity index (χ0) is 31.8. The molecule has 4 aromatic rings. The highest BCUT2D eigenvalue weighted by molar-refractivity contribution is 5.97. The Hall–Kier alpha value is -4.87. The predicted octanol–water partition coefficient (Wildman–Crippen LogP) is 5.88. The number of amides is 1. The molecule has 0 radical (unpaired) electrons. The highest BCUT2D eigenvalue weighted by atomic mass is 16.6. The molecule has 1 amide bonds. The fourth-order valence-electron chi connectivity index (χ4n) is 4.93. The van der Waals surface area contributed by atoms with Crippen molar-refractivity contribution in [2.24, 2.45) is 0 Å². The number of pyridine rings is 1. The van der Waals surface area contributed by atoms with Gasteiger partial charge in [-0.1, -0.05) is 0 Å². The van der Waals surface area contributed by atoms with Gasteiger partial charge in [0.1, 0.15) is 17.0 Å². The molecule has 0 saturated carbocycles. The molecule has 1 aliphatic rings. The number of aromatic nitrogens is 4. The molecule has 4 heterocycles. The van der Waals surface area contributed by atoms with E-state index in [-0.39, 0.29) is 5.91 Å². The summed E-state index contributed by atoms with van der Waals surface area (Å²) in [7, 11) is 0. The van der Waals surface area contributed by atoms with Crippen LogP contribution < -0.4 is 10.2 Å². The summed E-state index contributed by atoms with van der Waals surface area (Å²) in [4.78, 5) is 46.5. The number of rotatable bonds is 4. The van der Waals surface area contributed by atoms with Crippen LogP contribution in [0.2, 0.25) is 0 Å². The predicted molar refractivity (Wildman–Crippen MR) is 168 cm³/mol. The zero-order valence-corrected chi connectivity index (χ0v) is 26.2. The van der Waals surface area contributed by atoms with Crippen molar-refractivity contribution in [2.75, 3.05) is 36.4 Å². The van der Waals surface area contributed by atoms with Crippen molar-refractivity contribution >= 4 is 46.2 Å². The standard InChI is InChI=1S/C32H39N7O5/c1-21(40)36-12-14-37(15-13-36)25-10-8-24(9-11-25)35-28-17-27-22(18-33-28)16-26(39(27)30(42)44-32(5,6)7)23-19-34-38(20-23)29(41)43-31(2,3)4/h8-11,16-20H,12-15H2,1-7H3,(H,33,35). The molecule has 1 fully saturated rings. The quantitative estimate of drug-likeness (QED) is 0.305. The Morgan fingerprint density at radius 2 is 1.48 bits per heavy atom. The van der Waals surface area contributed by atoms with Gasteiger partial charge in [-0.3, -0.25) is 4.79 Å². The molecule has 12 nitrogen and oxygen atoms in total. The van der Waals surface area contributed by atoms with Crippen molar-refractivity contribution in [3.63, 3.8) is 0 Å². The van der Waals surface area contributed by atoms with E-state index in [0.29, 0.717) is 41.1 Å². The lowest BCUT2D eigenvalue weighted by molar-refractivity contribution is -0.129. The maximum atomic E-state index is 13.5. The molecule has 12 heteroatoms. The van der Waals surface area contributed by atoms with E-state index in [1.54, 1.807) is 60.7 Å². The Labute approximate surface area is 256 Å². The number of fused-ring (bicyclic) bond motifs is 1. The third-order valence-electron chi connectivity index (χ3n) is 6.95. The Kier molecular flexibility index (Phi) is 8.11. The van der Waals surface area contributed by atoms with Crippen LogP contribution in [0.3, 0.4) is 0 Å². The zero-order valence-electron chi connectivity index (χ0n) is 26.2. The van der Waals surface area contributed by atoms with Gasteiger partial charge in [-0.2, -0.15) is 9.78 Å². The molecule has 0 aliphatic carbocycles. The average molecular weight is 602 g/mol. The van der Waals surface area contributed by atoms with E-state index in [1.807, 2.05) is 35.2 Å². The SMILES string of the molecule is CC(=O)N1CCN(c2ccc(Nc3cc4c(cn3)cc(-c3cnn(C(=O)OC(C)(C)C)c3)n4C(=O)OC(C)(C)C)cc2)CC1. The minimum atomic E-state index is -0.736. The van der Waals surface area contributed by atoms with Gasteiger partial charge in [0.15, 0.2) is 0 Å². The lowest BCUT2D eigenvalue weighted by Crippen LogP contribution is -2.48. The van der Waals surface area contributed by atoms with Crippen molar-refractivity contribution in [3.05, 3.63) is 55.0 Å². The molecule has 1 aliphatic heterocycles. The number of hydrogen-bond acceptors (Lipinski definition) is 9. The number of anilines is 3. The van der Waals surface area contributed by atoms with Crippen molar-refractivity contribution in [2.45, 2.75) is 59.7 Å². The van der Waals surface area contributed by atoms with Gasteiger partial charge in [-0.25, -0.2) is 19.1 Å². The van der Waals surface area contributed by atoms with Crippen LogP contribution in [0.5, 0.6) is 0 Å². The van der Waals surface area contributed by atoms with Gasteiger partial charge < -0.3 is 24.6 Å². The summed E-state index contributed by atoms with van der Waals surface area (Å²) in [6.07, 6.45) is 3.52. The summed E-state index contributed by atoms with van der Waals surface area (Å²) >= 11 is 0. The molecular formula is C32H39N7O5. The van der Waals surface area contributed by atoms with Crippen LogP contribution in [0.1, 0.15) is 48.5 Å². The number of nitrogens with zero attached hydrogens (tertiary/aromatic N) is 6. The third kappa shape index (κ3) is 7.01. The van der Waals surface area contributed by atoms with Crippen LogP contribution >= 0.6 is 0 Å². The van der Waals surface area contributed by atoms with E-state index in [4.69, 9.17) is 9.47 Å². The van der Waals surface area contributed by atoms with Crippen LogP contribution in [0.15, 0.2) is 55.0 Å². The number of benzene rings is 1. The summed E-state index contributed by atoms with van der Waals surface area (Å²) < 4.78 is 13.8. The summed E-state index contributed by atoms with van der Waals surface area (Å²) in [5.41, 5.74) is 2.10. The van der Waals surface area contributed by atoms with E-state index >= 15 is 0 Å². The average Bonchev–Trinajstić information content (AvgIpc) is 3.57. The van der Waals surface area contributed by atoms with E-state index in [0.717, 1.165) is 29.1 Å². The summed E-state index contributed by atoms with van der Waals surface area (Å²) in [6, 6.07) is 11.6. The second-order valence-corrected chi connectivity index (χ2v) is 12.8. The number of carbonyl (C=O) groups is 3. The maximum Gasteiger partial charge on any atom is 0.435 e. The second-order valence-electron chi connectivity index (χ2n) is 12.8. The monoisotopic (exact) mass is 601 g/mol. The summed E-state index contributed by atoms with van der Waals surface area (Å²) in [6.45, 7) is 15.3. The van der Waals surface area contributed by atoms with Crippen molar-refractivity contribution < 1.29 is 23.9 Å². The van der Waals surface area contributed by atoms with Crippen molar-refractivity contribution in [1.82, 2.24) is 24.2 Å². The normalized spacial score (nSPS) is 14.1. The van der Waals surface area contributed by atoms with Gasteiger partial charge in [-0.15, -0.1) is 0 Å². The van der Waals surface area contributed by atoms with Crippen LogP contribution in [0.4, 0.5) is 26.8 Å². The van der Waals surface area contributed by atoms with Gasteiger partial charge in [-0.05, 0) is 71.9 Å². The lowest BCUT2D eigenvalue weighted by atomic mass is 10.2. The molecule has 0 bridgehead atoms. The minimum absolute atomic E-state index is 0.106. The Balaban J connectivity index is 1.42. The van der Waals surface area contributed by atoms with Crippen molar-refractivity contribution in [1.29, 1.82) is 0 Å². The van der Waals surface area contributed by atoms with E-state index in [1.165, 1.54) is 17.0 Å². The second kappa shape index (κ2) is 11.7. The number of nitrogens with one attached hydrogen (secondary N) is 1. The number of carbonyl (C=O) groups excluding carboxylic acids is 3. The molecule has 0 atom stereocenters. The number of hydrogen-bond donors (Lipinski definition) is 1. The first kappa shape index (κ1) is 30.6. The number of ether oxygens (including phenoxy) is 2. The summed E-state index contributed by atoms with van der Waals surface area (Å²) in [5.74, 6) is 0.647. The number of piperazine rings is 1. The highest BCUT2D eigenvalue weighted by Gasteiger charge is 2.25. The van der Waals surface area contributed by atoms with Crippen molar-refractivity contribution in [3.8, 4) is 11.3 Å². The molecular weight excluding hydrogens is 562 g/mol. The first-order valence-corrected chi connectivity index (χ1v) is 14.6. The minimum Gasteiger partial charge on any atom is -0.443 e. The van der Waals surface area contributed by atoms with Gasteiger partial charge >= 0.3 is 12.2 Å². The molecule has 44 heavy (non-hydrogen) atoms. The Morgan fingerprint density at radius 3 is 2.09 bits per heavy atom. The Bertz CT molecular complexity index is 1680. The van der Waals surface area contributed by atoms with Gasteiger partial charge in [0.25, 0.3) is 0 Å². The molecule has 3 aromatic heterocycles. The molecule has 1 N–H and O–H groups in total. The molecule has 5 rings (SSSR count). The molecule has 0 spiro atoms. The molecule has 232 valence electrons. The molecule has 1 saturated heterocycles. The van der Waals surface area contributed by atoms with Gasteiger partial charge in [0.05, 0.1) is 17.4 Å². The third-order valence-corrected chi connectivity index (χ3v) is 6.95. The highest BCUT2D eigenvalue weighted by Crippen LogP contribution is 2.31. The van der Waals surface area contributed by atoms with E-state index in [9.17, 15) is 14.4 Å². The van der Waals surface area contributed by atoms with Crippen LogP contribution in [-0.4, -0.2) is 79.7 Å². The fraction of sp³-hybridized carbons (Fsp3) is 0.406. The lowest BCUT2D eigenvalue weighted by Gasteiger charge is -2.35.